The van der Waals surface area contributed by atoms with Crippen LogP contribution in [0.25, 0.3) is 32.3 Å². The van der Waals surface area contributed by atoms with E-state index in [1.807, 2.05) is 42.5 Å². The fourth-order valence-electron chi connectivity index (χ4n) is 2.91. The number of phenols is 2. The van der Waals surface area contributed by atoms with E-state index < -0.39 is 17.3 Å². The summed E-state index contributed by atoms with van der Waals surface area (Å²) in [4.78, 5) is 0. The highest BCUT2D eigenvalue weighted by Crippen LogP contribution is 2.40. The number of rotatable bonds is 0. The Labute approximate surface area is 119 Å². The molecule has 0 heterocycles. The lowest BCUT2D eigenvalue weighted by atomic mass is 9.96. The molecule has 21 heavy (non-hydrogen) atoms. The molecule has 0 aromatic heterocycles. The van der Waals surface area contributed by atoms with Crippen molar-refractivity contribution in [2.75, 3.05) is 0 Å². The highest BCUT2D eigenvalue weighted by Gasteiger charge is 2.14. The van der Waals surface area contributed by atoms with E-state index in [4.69, 9.17) is 0 Å². The van der Waals surface area contributed by atoms with Gasteiger partial charge in [0.15, 0.2) is 17.3 Å². The third-order valence-electron chi connectivity index (χ3n) is 3.94. The fraction of sp³-hybridized carbons (Fsp3) is 0. The van der Waals surface area contributed by atoms with Gasteiger partial charge in [-0.25, -0.2) is 4.39 Å². The number of fused-ring (bicyclic) bond motifs is 5. The Kier molecular flexibility index (Phi) is 2.33. The first-order valence-electron chi connectivity index (χ1n) is 6.61. The van der Waals surface area contributed by atoms with E-state index in [9.17, 15) is 14.6 Å². The van der Waals surface area contributed by atoms with Crippen molar-refractivity contribution in [3.05, 3.63) is 60.4 Å². The number of aromatic hydroxyl groups is 2. The zero-order valence-electron chi connectivity index (χ0n) is 11.0. The van der Waals surface area contributed by atoms with Crippen LogP contribution < -0.4 is 0 Å². The first kappa shape index (κ1) is 12.0. The van der Waals surface area contributed by atoms with Gasteiger partial charge in [0.25, 0.3) is 0 Å². The molecule has 0 saturated heterocycles. The molecule has 0 spiro atoms. The van der Waals surface area contributed by atoms with E-state index in [1.165, 1.54) is 6.07 Å². The van der Waals surface area contributed by atoms with Gasteiger partial charge < -0.3 is 10.2 Å². The van der Waals surface area contributed by atoms with Crippen LogP contribution in [0.4, 0.5) is 4.39 Å². The Bertz CT molecular complexity index is 1020. The molecule has 0 aliphatic carbocycles. The van der Waals surface area contributed by atoms with Crippen LogP contribution in [-0.2, 0) is 0 Å². The van der Waals surface area contributed by atoms with Gasteiger partial charge in [-0.3, -0.25) is 0 Å². The summed E-state index contributed by atoms with van der Waals surface area (Å²) in [7, 11) is 0. The van der Waals surface area contributed by atoms with E-state index in [2.05, 4.69) is 0 Å². The molecule has 4 aromatic carbocycles. The zero-order valence-corrected chi connectivity index (χ0v) is 11.0. The van der Waals surface area contributed by atoms with Crippen molar-refractivity contribution in [2.45, 2.75) is 0 Å². The maximum absolute atomic E-state index is 13.7. The van der Waals surface area contributed by atoms with Crippen molar-refractivity contribution in [2.24, 2.45) is 0 Å². The van der Waals surface area contributed by atoms with Crippen molar-refractivity contribution < 1.29 is 14.6 Å². The van der Waals surface area contributed by atoms with Gasteiger partial charge in [-0.05, 0) is 39.1 Å². The molecule has 0 radical (unpaired) electrons. The molecule has 2 N–H and O–H groups in total. The lowest BCUT2D eigenvalue weighted by molar-refractivity contribution is 0.383. The highest BCUT2D eigenvalue weighted by atomic mass is 19.1. The van der Waals surface area contributed by atoms with Crippen molar-refractivity contribution in [3.8, 4) is 11.5 Å². The van der Waals surface area contributed by atoms with Gasteiger partial charge in [0.1, 0.15) is 0 Å². The van der Waals surface area contributed by atoms with Gasteiger partial charge in [0, 0.05) is 5.39 Å². The van der Waals surface area contributed by atoms with Crippen LogP contribution in [0.15, 0.2) is 54.6 Å². The van der Waals surface area contributed by atoms with Crippen LogP contribution in [0.5, 0.6) is 11.5 Å². The topological polar surface area (TPSA) is 40.5 Å². The number of benzene rings is 4. The van der Waals surface area contributed by atoms with Gasteiger partial charge in [-0.2, -0.15) is 0 Å². The lowest BCUT2D eigenvalue weighted by Gasteiger charge is -2.10. The Morgan fingerprint density at radius 2 is 1.29 bits per heavy atom. The number of hydrogen-bond acceptors (Lipinski definition) is 2. The summed E-state index contributed by atoms with van der Waals surface area (Å²) >= 11 is 0. The van der Waals surface area contributed by atoms with Crippen molar-refractivity contribution >= 4 is 32.3 Å². The van der Waals surface area contributed by atoms with Gasteiger partial charge in [-0.15, -0.1) is 0 Å². The van der Waals surface area contributed by atoms with Crippen LogP contribution in [0.3, 0.4) is 0 Å². The maximum Gasteiger partial charge on any atom is 0.194 e. The summed E-state index contributed by atoms with van der Waals surface area (Å²) in [6.45, 7) is 0. The quantitative estimate of drug-likeness (QED) is 0.361. The molecule has 4 aromatic rings. The second-order valence-electron chi connectivity index (χ2n) is 5.10. The molecular weight excluding hydrogens is 267 g/mol. The Morgan fingerprint density at radius 3 is 2.14 bits per heavy atom. The number of hydrogen-bond donors (Lipinski definition) is 2. The molecule has 0 saturated carbocycles. The Hall–Kier alpha value is -2.81. The summed E-state index contributed by atoms with van der Waals surface area (Å²) in [5.74, 6) is -1.94. The molecule has 102 valence electrons. The monoisotopic (exact) mass is 278 g/mol. The minimum absolute atomic E-state index is 0.417. The molecule has 3 heteroatoms. The first-order valence-corrected chi connectivity index (χ1v) is 6.61. The van der Waals surface area contributed by atoms with Gasteiger partial charge >= 0.3 is 0 Å². The molecule has 0 aliphatic heterocycles. The Morgan fingerprint density at radius 1 is 0.619 bits per heavy atom. The minimum atomic E-state index is -0.819. The minimum Gasteiger partial charge on any atom is -0.504 e. The predicted molar refractivity (Wildman–Crippen MR) is 82.2 cm³/mol. The van der Waals surface area contributed by atoms with E-state index in [1.54, 1.807) is 6.07 Å². The van der Waals surface area contributed by atoms with Gasteiger partial charge in [-0.1, -0.05) is 42.5 Å². The van der Waals surface area contributed by atoms with Crippen molar-refractivity contribution in [1.82, 2.24) is 0 Å². The van der Waals surface area contributed by atoms with Crippen LogP contribution in [0, 0.1) is 5.82 Å². The van der Waals surface area contributed by atoms with Crippen molar-refractivity contribution in [1.29, 1.82) is 0 Å². The molecule has 0 unspecified atom stereocenters. The maximum atomic E-state index is 13.7. The van der Waals surface area contributed by atoms with Crippen LogP contribution >= 0.6 is 0 Å². The third-order valence-corrected chi connectivity index (χ3v) is 3.94. The second kappa shape index (κ2) is 4.09. The molecule has 2 nitrogen and oxygen atoms in total. The smallest absolute Gasteiger partial charge is 0.194 e. The van der Waals surface area contributed by atoms with E-state index in [-0.39, 0.29) is 0 Å². The normalized spacial score (nSPS) is 11.5. The molecular formula is C18H11FO2. The summed E-state index contributed by atoms with van der Waals surface area (Å²) < 4.78 is 13.7. The Balaban J connectivity index is 2.27. The van der Waals surface area contributed by atoms with Gasteiger partial charge in [0.2, 0.25) is 0 Å². The van der Waals surface area contributed by atoms with E-state index >= 15 is 0 Å². The lowest BCUT2D eigenvalue weighted by Crippen LogP contribution is -1.84. The summed E-state index contributed by atoms with van der Waals surface area (Å²) in [6, 6.07) is 16.7. The van der Waals surface area contributed by atoms with Crippen LogP contribution in [0.1, 0.15) is 0 Å². The molecule has 0 fully saturated rings. The van der Waals surface area contributed by atoms with Crippen molar-refractivity contribution in [3.63, 3.8) is 0 Å². The predicted octanol–water partition coefficient (Wildman–Crippen LogP) is 4.70. The van der Waals surface area contributed by atoms with E-state index in [0.717, 1.165) is 21.5 Å². The molecule has 0 amide bonds. The molecule has 0 aliphatic rings. The summed E-state index contributed by atoms with van der Waals surface area (Å²) in [6.07, 6.45) is 0. The second-order valence-corrected chi connectivity index (χ2v) is 5.10. The van der Waals surface area contributed by atoms with Gasteiger partial charge in [0.05, 0.1) is 0 Å². The third kappa shape index (κ3) is 1.57. The molecule has 0 atom stereocenters. The standard InChI is InChI=1S/C18H11FO2/c19-16-9-15-13-6-5-10-3-1-2-4-11(10)12(13)7-8-14(15)17(20)18(16)21/h1-9,20-21H. The average Bonchev–Trinajstić information content (AvgIpc) is 2.52. The SMILES string of the molecule is Oc1c(F)cc2c(ccc3c4ccccc4ccc23)c1O. The highest BCUT2D eigenvalue weighted by molar-refractivity contribution is 6.18. The largest absolute Gasteiger partial charge is 0.504 e. The number of phenolic OH excluding ortho intramolecular Hbond substituents is 2. The zero-order chi connectivity index (χ0) is 14.6. The van der Waals surface area contributed by atoms with Crippen LogP contribution in [-0.4, -0.2) is 10.2 Å². The average molecular weight is 278 g/mol. The first-order chi connectivity index (χ1) is 10.2. The summed E-state index contributed by atoms with van der Waals surface area (Å²) in [5.41, 5.74) is 0. The van der Waals surface area contributed by atoms with Crippen LogP contribution in [0.2, 0.25) is 0 Å². The fourth-order valence-corrected chi connectivity index (χ4v) is 2.91. The number of halogens is 1. The molecule has 0 bridgehead atoms. The molecule has 4 rings (SSSR count). The summed E-state index contributed by atoms with van der Waals surface area (Å²) in [5, 5.41) is 24.5. The van der Waals surface area contributed by atoms with E-state index in [0.29, 0.717) is 10.8 Å².